The van der Waals surface area contributed by atoms with Crippen molar-refractivity contribution in [1.29, 1.82) is 0 Å². The topological polar surface area (TPSA) is 58.4 Å². The molecule has 1 aliphatic rings. The monoisotopic (exact) mass is 241 g/mol. The van der Waals surface area contributed by atoms with Gasteiger partial charge < -0.3 is 16.0 Å². The van der Waals surface area contributed by atoms with Crippen LogP contribution in [-0.4, -0.2) is 43.0 Å². The lowest BCUT2D eigenvalue weighted by molar-refractivity contribution is -0.121. The van der Waals surface area contributed by atoms with Gasteiger partial charge in [0.1, 0.15) is 0 Å². The number of hydrogen-bond donors (Lipinski definition) is 2. The van der Waals surface area contributed by atoms with E-state index < -0.39 is 0 Å². The highest BCUT2D eigenvalue weighted by molar-refractivity contribution is 5.76. The van der Waals surface area contributed by atoms with Crippen LogP contribution in [0.25, 0.3) is 0 Å². The van der Waals surface area contributed by atoms with E-state index in [1.54, 1.807) is 0 Å². The van der Waals surface area contributed by atoms with Crippen LogP contribution in [0.3, 0.4) is 0 Å². The molecule has 1 aliphatic heterocycles. The molecule has 1 heterocycles. The Morgan fingerprint density at radius 3 is 2.59 bits per heavy atom. The molecule has 1 unspecified atom stereocenters. The van der Waals surface area contributed by atoms with Gasteiger partial charge in [0.15, 0.2) is 0 Å². The third-order valence-corrected chi connectivity index (χ3v) is 3.71. The minimum Gasteiger partial charge on any atom is -0.356 e. The highest BCUT2D eigenvalue weighted by Crippen LogP contribution is 2.15. The average Bonchev–Trinajstić information content (AvgIpc) is 2.36. The molecule has 3 N–H and O–H groups in total. The van der Waals surface area contributed by atoms with Gasteiger partial charge in [-0.3, -0.25) is 4.79 Å². The van der Waals surface area contributed by atoms with Crippen LogP contribution >= 0.6 is 0 Å². The molecular weight excluding hydrogens is 214 g/mol. The van der Waals surface area contributed by atoms with E-state index >= 15 is 0 Å². The second-order valence-electron chi connectivity index (χ2n) is 5.05. The Kier molecular flexibility index (Phi) is 6.52. The molecule has 1 amide bonds. The number of nitrogens with one attached hydrogen (secondary N) is 1. The van der Waals surface area contributed by atoms with E-state index in [4.69, 9.17) is 5.73 Å². The number of amides is 1. The number of nitrogens with two attached hydrogens (primary N) is 1. The molecule has 0 aromatic heterocycles. The fraction of sp³-hybridized carbons (Fsp3) is 0.923. The van der Waals surface area contributed by atoms with E-state index in [2.05, 4.69) is 17.1 Å². The molecule has 0 radical (unpaired) electrons. The van der Waals surface area contributed by atoms with Crippen molar-refractivity contribution in [3.8, 4) is 0 Å². The number of carbonyl (C=O) groups is 1. The zero-order valence-electron chi connectivity index (χ0n) is 11.2. The van der Waals surface area contributed by atoms with Gasteiger partial charge in [-0.15, -0.1) is 0 Å². The maximum Gasteiger partial charge on any atom is 0.221 e. The number of rotatable bonds is 6. The summed E-state index contributed by atoms with van der Waals surface area (Å²) in [5, 5.41) is 3.01. The van der Waals surface area contributed by atoms with E-state index in [0.29, 0.717) is 12.3 Å². The third-order valence-electron chi connectivity index (χ3n) is 3.71. The summed E-state index contributed by atoms with van der Waals surface area (Å²) in [4.78, 5) is 14.0. The first-order valence-electron chi connectivity index (χ1n) is 6.90. The molecule has 1 saturated heterocycles. The van der Waals surface area contributed by atoms with Gasteiger partial charge in [-0.25, -0.2) is 0 Å². The van der Waals surface area contributed by atoms with Crippen LogP contribution in [0.1, 0.15) is 39.5 Å². The first-order chi connectivity index (χ1) is 8.15. The molecular formula is C13H27N3O. The van der Waals surface area contributed by atoms with Crippen molar-refractivity contribution in [2.75, 3.05) is 26.2 Å². The first-order valence-corrected chi connectivity index (χ1v) is 6.90. The molecule has 1 fully saturated rings. The van der Waals surface area contributed by atoms with E-state index in [0.717, 1.165) is 19.5 Å². The van der Waals surface area contributed by atoms with Gasteiger partial charge in [0.25, 0.3) is 0 Å². The third kappa shape index (κ3) is 5.50. The summed E-state index contributed by atoms with van der Waals surface area (Å²) in [5.41, 5.74) is 5.75. The zero-order chi connectivity index (χ0) is 12.7. The average molecular weight is 241 g/mol. The number of nitrogens with zero attached hydrogens (tertiary/aromatic N) is 1. The summed E-state index contributed by atoms with van der Waals surface area (Å²) < 4.78 is 0. The Hall–Kier alpha value is -0.610. The predicted octanol–water partition coefficient (Wildman–Crippen LogP) is 0.962. The highest BCUT2D eigenvalue weighted by Gasteiger charge is 2.18. The number of carbonyl (C=O) groups excluding carboxylic acids is 1. The summed E-state index contributed by atoms with van der Waals surface area (Å²) in [6.07, 6.45) is 3.73. The Bertz CT molecular complexity index is 225. The Balaban J connectivity index is 2.12. The van der Waals surface area contributed by atoms with Crippen LogP contribution < -0.4 is 11.1 Å². The summed E-state index contributed by atoms with van der Waals surface area (Å²) in [7, 11) is 0. The van der Waals surface area contributed by atoms with E-state index in [-0.39, 0.29) is 11.9 Å². The van der Waals surface area contributed by atoms with Crippen molar-refractivity contribution in [1.82, 2.24) is 10.2 Å². The molecule has 0 aromatic carbocycles. The van der Waals surface area contributed by atoms with Crippen LogP contribution in [0.4, 0.5) is 0 Å². The number of piperidine rings is 1. The quantitative estimate of drug-likeness (QED) is 0.728. The zero-order valence-corrected chi connectivity index (χ0v) is 11.2. The summed E-state index contributed by atoms with van der Waals surface area (Å²) >= 11 is 0. The largest absolute Gasteiger partial charge is 0.356 e. The summed E-state index contributed by atoms with van der Waals surface area (Å²) in [6, 6.07) is 0.0111. The number of hydrogen-bond acceptors (Lipinski definition) is 3. The van der Waals surface area contributed by atoms with E-state index in [1.165, 1.54) is 25.9 Å². The lowest BCUT2D eigenvalue weighted by Gasteiger charge is -2.31. The number of likely N-dealkylation sites (tertiary alicyclic amines) is 1. The lowest BCUT2D eigenvalue weighted by atomic mass is 9.97. The lowest BCUT2D eigenvalue weighted by Crippen LogP contribution is -2.39. The fourth-order valence-corrected chi connectivity index (χ4v) is 2.22. The minimum absolute atomic E-state index is 0.0111. The Labute approximate surface area is 105 Å². The first kappa shape index (κ1) is 14.5. The molecule has 100 valence electrons. The molecule has 1 rings (SSSR count). The maximum atomic E-state index is 11.6. The smallest absolute Gasteiger partial charge is 0.221 e. The van der Waals surface area contributed by atoms with Crippen LogP contribution in [-0.2, 0) is 4.79 Å². The normalized spacial score (nSPS) is 20.2. The molecule has 0 aromatic rings. The van der Waals surface area contributed by atoms with Crippen molar-refractivity contribution in [2.45, 2.75) is 45.6 Å². The van der Waals surface area contributed by atoms with Gasteiger partial charge in [0.2, 0.25) is 5.91 Å². The fourth-order valence-electron chi connectivity index (χ4n) is 2.22. The molecule has 1 atom stereocenters. The molecule has 0 aliphatic carbocycles. The van der Waals surface area contributed by atoms with E-state index in [9.17, 15) is 4.79 Å². The van der Waals surface area contributed by atoms with Crippen molar-refractivity contribution < 1.29 is 4.79 Å². The van der Waals surface area contributed by atoms with E-state index in [1.807, 2.05) is 6.92 Å². The standard InChI is InChI=1S/C13H27N3O/c1-3-12(14)9-13(17)15-10-11-5-7-16(4-2)8-6-11/h11-12H,3-10,14H2,1-2H3,(H,15,17). The van der Waals surface area contributed by atoms with Gasteiger partial charge >= 0.3 is 0 Å². The van der Waals surface area contributed by atoms with Gasteiger partial charge in [-0.2, -0.15) is 0 Å². The second kappa shape index (κ2) is 7.67. The van der Waals surface area contributed by atoms with Crippen LogP contribution in [0.2, 0.25) is 0 Å². The SMILES string of the molecule is CCC(N)CC(=O)NCC1CCN(CC)CC1. The summed E-state index contributed by atoms with van der Waals surface area (Å²) in [5.74, 6) is 0.761. The molecule has 4 nitrogen and oxygen atoms in total. The van der Waals surface area contributed by atoms with Gasteiger partial charge in [0, 0.05) is 19.0 Å². The predicted molar refractivity (Wildman–Crippen MR) is 70.7 cm³/mol. The van der Waals surface area contributed by atoms with Crippen molar-refractivity contribution in [3.05, 3.63) is 0 Å². The maximum absolute atomic E-state index is 11.6. The van der Waals surface area contributed by atoms with Crippen molar-refractivity contribution in [2.24, 2.45) is 11.7 Å². The molecule has 0 bridgehead atoms. The minimum atomic E-state index is 0.0111. The van der Waals surface area contributed by atoms with Crippen LogP contribution in [0.15, 0.2) is 0 Å². The molecule has 4 heteroatoms. The van der Waals surface area contributed by atoms with Crippen LogP contribution in [0.5, 0.6) is 0 Å². The van der Waals surface area contributed by atoms with Crippen LogP contribution in [0, 0.1) is 5.92 Å². The molecule has 0 saturated carbocycles. The second-order valence-corrected chi connectivity index (χ2v) is 5.05. The summed E-state index contributed by atoms with van der Waals surface area (Å²) in [6.45, 7) is 8.53. The highest BCUT2D eigenvalue weighted by atomic mass is 16.1. The van der Waals surface area contributed by atoms with Gasteiger partial charge in [0.05, 0.1) is 0 Å². The molecule has 0 spiro atoms. The Morgan fingerprint density at radius 2 is 2.06 bits per heavy atom. The van der Waals surface area contributed by atoms with Gasteiger partial charge in [-0.05, 0) is 44.8 Å². The van der Waals surface area contributed by atoms with Crippen molar-refractivity contribution in [3.63, 3.8) is 0 Å². The van der Waals surface area contributed by atoms with Crippen molar-refractivity contribution >= 4 is 5.91 Å². The van der Waals surface area contributed by atoms with Gasteiger partial charge in [-0.1, -0.05) is 13.8 Å². The Morgan fingerprint density at radius 1 is 1.41 bits per heavy atom. The molecule has 17 heavy (non-hydrogen) atoms.